The molecule has 0 radical (unpaired) electrons. The van der Waals surface area contributed by atoms with E-state index in [0.29, 0.717) is 12.8 Å². The third-order valence-corrected chi connectivity index (χ3v) is 15.4. The zero-order valence-corrected chi connectivity index (χ0v) is 22.9. The number of hydrogen-bond acceptors (Lipinski definition) is 4. The van der Waals surface area contributed by atoms with Crippen molar-refractivity contribution in [2.24, 2.45) is 0 Å². The van der Waals surface area contributed by atoms with Crippen LogP contribution in [0.2, 0.25) is 36.3 Å². The molecule has 0 rings (SSSR count). The minimum Gasteiger partial charge on any atom is -0.519 e. The molecule has 0 aliphatic rings. The molecule has 0 aromatic heterocycles. The van der Waals surface area contributed by atoms with Crippen LogP contribution in [0.1, 0.15) is 106 Å². The smallest absolute Gasteiger partial charge is 0.292 e. The van der Waals surface area contributed by atoms with Crippen molar-refractivity contribution < 1.29 is 18.4 Å². The Balaban J connectivity index is 5.77. The van der Waals surface area contributed by atoms with E-state index in [0.717, 1.165) is 87.6 Å². The van der Waals surface area contributed by atoms with Crippen molar-refractivity contribution in [1.29, 1.82) is 0 Å². The van der Waals surface area contributed by atoms with Gasteiger partial charge in [-0.3, -0.25) is 9.59 Å². The zero-order chi connectivity index (χ0) is 22.9. The first-order valence-corrected chi connectivity index (χ1v) is 17.9. The Kier molecular flexibility index (Phi) is 16.6. The topological polar surface area (TPSA) is 52.6 Å². The number of carbonyl (C=O) groups is 2. The summed E-state index contributed by atoms with van der Waals surface area (Å²) < 4.78 is 12.6. The molecule has 0 aliphatic heterocycles. The van der Waals surface area contributed by atoms with E-state index in [4.69, 9.17) is 8.85 Å². The molecule has 0 aromatic carbocycles. The molecule has 0 unspecified atom stereocenters. The predicted molar refractivity (Wildman–Crippen MR) is 133 cm³/mol. The molecular formula is C24H50O4Si2. The standard InChI is InChI=1S/C24H50O4Si2/c1-7-13-17-29(18-14-8-2,27-23(25)11-5)21-22-30(19-15-9-3,20-16-10-4)28-24(26)12-6/h7-22H2,1-6H3. The molecule has 0 aromatic rings. The van der Waals surface area contributed by atoms with E-state index < -0.39 is 16.6 Å². The van der Waals surface area contributed by atoms with Gasteiger partial charge in [0.25, 0.3) is 28.6 Å². The highest BCUT2D eigenvalue weighted by Crippen LogP contribution is 2.36. The Hall–Kier alpha value is -0.626. The Morgan fingerprint density at radius 2 is 0.767 bits per heavy atom. The van der Waals surface area contributed by atoms with Gasteiger partial charge in [-0.05, 0) is 36.3 Å². The zero-order valence-electron chi connectivity index (χ0n) is 20.9. The molecule has 0 spiro atoms. The minimum absolute atomic E-state index is 0.0335. The highest BCUT2D eigenvalue weighted by Gasteiger charge is 2.44. The molecule has 0 atom stereocenters. The number of unbranched alkanes of at least 4 members (excludes halogenated alkanes) is 4. The fourth-order valence-corrected chi connectivity index (χ4v) is 15.1. The number of carbonyl (C=O) groups excluding carboxylic acids is 2. The van der Waals surface area contributed by atoms with Crippen LogP contribution in [0.4, 0.5) is 0 Å². The highest BCUT2D eigenvalue weighted by molar-refractivity contribution is 6.80. The normalized spacial score (nSPS) is 12.1. The van der Waals surface area contributed by atoms with Gasteiger partial charge in [0.15, 0.2) is 0 Å². The SMILES string of the molecule is CCCC[Si](CCCC)(CC[Si](CCCC)(CCCC)OC(=O)CC)OC(=O)CC. The Morgan fingerprint density at radius 1 is 0.500 bits per heavy atom. The highest BCUT2D eigenvalue weighted by atomic mass is 28.4. The maximum atomic E-state index is 12.4. The average molecular weight is 459 g/mol. The van der Waals surface area contributed by atoms with Crippen molar-refractivity contribution in [2.45, 2.75) is 142 Å². The van der Waals surface area contributed by atoms with Gasteiger partial charge < -0.3 is 8.85 Å². The van der Waals surface area contributed by atoms with Gasteiger partial charge >= 0.3 is 0 Å². The summed E-state index contributed by atoms with van der Waals surface area (Å²) in [7, 11) is -4.35. The van der Waals surface area contributed by atoms with Gasteiger partial charge in [0.1, 0.15) is 0 Å². The van der Waals surface area contributed by atoms with E-state index in [1.807, 2.05) is 13.8 Å². The lowest BCUT2D eigenvalue weighted by Crippen LogP contribution is -2.46. The molecule has 0 saturated heterocycles. The molecule has 0 aliphatic carbocycles. The van der Waals surface area contributed by atoms with E-state index in [2.05, 4.69) is 27.7 Å². The first kappa shape index (κ1) is 29.4. The molecule has 0 bridgehead atoms. The third-order valence-electron chi connectivity index (χ3n) is 6.22. The van der Waals surface area contributed by atoms with Gasteiger partial charge in [-0.15, -0.1) is 0 Å². The second-order valence-electron chi connectivity index (χ2n) is 8.94. The molecular weight excluding hydrogens is 408 g/mol. The van der Waals surface area contributed by atoms with Crippen molar-refractivity contribution in [1.82, 2.24) is 0 Å². The Labute approximate surface area is 189 Å². The quantitative estimate of drug-likeness (QED) is 0.184. The number of rotatable bonds is 19. The van der Waals surface area contributed by atoms with Crippen LogP contribution in [0.25, 0.3) is 0 Å². The second-order valence-corrected chi connectivity index (χ2v) is 17.1. The summed E-state index contributed by atoms with van der Waals surface area (Å²) in [6, 6.07) is 6.20. The van der Waals surface area contributed by atoms with Gasteiger partial charge in [-0.2, -0.15) is 0 Å². The van der Waals surface area contributed by atoms with Crippen molar-refractivity contribution in [3.8, 4) is 0 Å². The fraction of sp³-hybridized carbons (Fsp3) is 0.917. The predicted octanol–water partition coefficient (Wildman–Crippen LogP) is 7.98. The Bertz CT molecular complexity index is 410. The van der Waals surface area contributed by atoms with Crippen LogP contribution in [0.3, 0.4) is 0 Å². The van der Waals surface area contributed by atoms with Crippen molar-refractivity contribution in [2.75, 3.05) is 0 Å². The van der Waals surface area contributed by atoms with Crippen LogP contribution in [0, 0.1) is 0 Å². The molecule has 0 heterocycles. The van der Waals surface area contributed by atoms with Gasteiger partial charge in [0.05, 0.1) is 0 Å². The van der Waals surface area contributed by atoms with E-state index >= 15 is 0 Å². The molecule has 0 amide bonds. The molecule has 0 saturated carbocycles. The van der Waals surface area contributed by atoms with Crippen LogP contribution >= 0.6 is 0 Å². The molecule has 30 heavy (non-hydrogen) atoms. The lowest BCUT2D eigenvalue weighted by Gasteiger charge is -2.37. The van der Waals surface area contributed by atoms with E-state index in [1.165, 1.54) is 0 Å². The van der Waals surface area contributed by atoms with Crippen molar-refractivity contribution >= 4 is 28.6 Å². The molecule has 178 valence electrons. The fourth-order valence-electron chi connectivity index (χ4n) is 4.13. The van der Waals surface area contributed by atoms with Crippen molar-refractivity contribution in [3.05, 3.63) is 0 Å². The second kappa shape index (κ2) is 17.0. The molecule has 0 N–H and O–H groups in total. The maximum Gasteiger partial charge on any atom is 0.292 e. The van der Waals surface area contributed by atoms with Crippen LogP contribution in [0.5, 0.6) is 0 Å². The Morgan fingerprint density at radius 3 is 0.967 bits per heavy atom. The molecule has 0 fully saturated rings. The summed E-state index contributed by atoms with van der Waals surface area (Å²) >= 11 is 0. The van der Waals surface area contributed by atoms with Gasteiger partial charge in [0.2, 0.25) is 0 Å². The van der Waals surface area contributed by atoms with E-state index in [9.17, 15) is 9.59 Å². The van der Waals surface area contributed by atoms with Gasteiger partial charge in [-0.25, -0.2) is 0 Å². The van der Waals surface area contributed by atoms with Crippen LogP contribution in [-0.4, -0.2) is 28.6 Å². The number of hydrogen-bond donors (Lipinski definition) is 0. The summed E-state index contributed by atoms with van der Waals surface area (Å²) in [6.45, 7) is 12.6. The lowest BCUT2D eigenvalue weighted by atomic mass is 10.4. The lowest BCUT2D eigenvalue weighted by molar-refractivity contribution is -0.136. The first-order valence-electron chi connectivity index (χ1n) is 12.8. The summed E-state index contributed by atoms with van der Waals surface area (Å²) in [5.41, 5.74) is 0. The van der Waals surface area contributed by atoms with E-state index in [1.54, 1.807) is 0 Å². The average Bonchev–Trinajstić information content (AvgIpc) is 2.76. The maximum absolute atomic E-state index is 12.4. The summed E-state index contributed by atoms with van der Waals surface area (Å²) in [5, 5.41) is 0. The molecule has 4 nitrogen and oxygen atoms in total. The summed E-state index contributed by atoms with van der Waals surface area (Å²) in [6.07, 6.45) is 9.92. The monoisotopic (exact) mass is 458 g/mol. The molecule has 6 heteroatoms. The third kappa shape index (κ3) is 11.7. The van der Waals surface area contributed by atoms with Crippen molar-refractivity contribution in [3.63, 3.8) is 0 Å². The van der Waals surface area contributed by atoms with Crippen LogP contribution in [0.15, 0.2) is 0 Å². The summed E-state index contributed by atoms with van der Waals surface area (Å²) in [4.78, 5) is 24.8. The van der Waals surface area contributed by atoms with Crippen LogP contribution in [-0.2, 0) is 18.4 Å². The van der Waals surface area contributed by atoms with Crippen LogP contribution < -0.4 is 0 Å². The largest absolute Gasteiger partial charge is 0.519 e. The van der Waals surface area contributed by atoms with Gasteiger partial charge in [0, 0.05) is 12.8 Å². The first-order chi connectivity index (χ1) is 14.4. The van der Waals surface area contributed by atoms with E-state index in [-0.39, 0.29) is 11.9 Å². The minimum atomic E-state index is -2.18. The summed E-state index contributed by atoms with van der Waals surface area (Å²) in [5.74, 6) is -0.0670. The van der Waals surface area contributed by atoms with Gasteiger partial charge in [-0.1, -0.05) is 92.9 Å².